The maximum absolute atomic E-state index is 12.7. The van der Waals surface area contributed by atoms with Gasteiger partial charge in [0.25, 0.3) is 0 Å². The van der Waals surface area contributed by atoms with Crippen LogP contribution in [0.15, 0.2) is 42.5 Å². The summed E-state index contributed by atoms with van der Waals surface area (Å²) >= 11 is 5.97. The van der Waals surface area contributed by atoms with Crippen molar-refractivity contribution in [2.24, 2.45) is 0 Å². The molecule has 0 N–H and O–H groups in total. The predicted molar refractivity (Wildman–Crippen MR) is 130 cm³/mol. The van der Waals surface area contributed by atoms with Crippen LogP contribution in [0.3, 0.4) is 0 Å². The molecule has 3 rings (SSSR count). The summed E-state index contributed by atoms with van der Waals surface area (Å²) in [7, 11) is 1.64. The number of halogens is 1. The standard InChI is InChI=1S/C26H33ClN2O4/c1-20-19-22(27)9-12-24(20)33-18-3-5-25(30)28-14-4-15-29(17-16-28)26(31)13-8-21-6-10-23(32-2)11-7-21/h6-7,9-12,19H,3-5,8,13-18H2,1-2H3. The third-order valence-corrected chi connectivity index (χ3v) is 6.15. The Bertz CT molecular complexity index is 932. The molecule has 0 saturated carbocycles. The molecule has 2 aromatic rings. The second kappa shape index (κ2) is 12.5. The third-order valence-electron chi connectivity index (χ3n) is 5.92. The molecule has 0 aromatic heterocycles. The summed E-state index contributed by atoms with van der Waals surface area (Å²) in [4.78, 5) is 29.1. The van der Waals surface area contributed by atoms with Crippen LogP contribution in [-0.2, 0) is 16.0 Å². The lowest BCUT2D eigenvalue weighted by atomic mass is 10.1. The summed E-state index contributed by atoms with van der Waals surface area (Å²) < 4.78 is 11.0. The Morgan fingerprint density at radius 3 is 2.24 bits per heavy atom. The molecule has 0 unspecified atom stereocenters. The van der Waals surface area contributed by atoms with Crippen molar-refractivity contribution in [1.29, 1.82) is 0 Å². The Hall–Kier alpha value is -2.73. The number of hydrogen-bond donors (Lipinski definition) is 0. The number of aryl methyl sites for hydroxylation is 2. The molecule has 2 aromatic carbocycles. The van der Waals surface area contributed by atoms with Crippen LogP contribution in [0.5, 0.6) is 11.5 Å². The van der Waals surface area contributed by atoms with Crippen molar-refractivity contribution in [3.63, 3.8) is 0 Å². The molecule has 0 radical (unpaired) electrons. The minimum absolute atomic E-state index is 0.124. The molecule has 6 nitrogen and oxygen atoms in total. The molecular weight excluding hydrogens is 440 g/mol. The van der Waals surface area contributed by atoms with E-state index in [2.05, 4.69) is 0 Å². The van der Waals surface area contributed by atoms with Gasteiger partial charge in [-0.05, 0) is 67.6 Å². The highest BCUT2D eigenvalue weighted by Gasteiger charge is 2.21. The maximum Gasteiger partial charge on any atom is 0.222 e. The number of nitrogens with zero attached hydrogens (tertiary/aromatic N) is 2. The summed E-state index contributed by atoms with van der Waals surface area (Å²) in [6, 6.07) is 13.3. The number of carbonyl (C=O) groups excluding carboxylic acids is 2. The van der Waals surface area contributed by atoms with Crippen LogP contribution in [0.2, 0.25) is 5.02 Å². The molecule has 0 spiro atoms. The van der Waals surface area contributed by atoms with Crippen LogP contribution in [0.4, 0.5) is 0 Å². The van der Waals surface area contributed by atoms with Crippen LogP contribution in [-0.4, -0.2) is 61.5 Å². The highest BCUT2D eigenvalue weighted by atomic mass is 35.5. The zero-order valence-corrected chi connectivity index (χ0v) is 20.3. The fraction of sp³-hybridized carbons (Fsp3) is 0.462. The SMILES string of the molecule is COc1ccc(CCC(=O)N2CCCN(C(=O)CCCOc3ccc(Cl)cc3C)CC2)cc1. The maximum atomic E-state index is 12.7. The highest BCUT2D eigenvalue weighted by molar-refractivity contribution is 6.30. The highest BCUT2D eigenvalue weighted by Crippen LogP contribution is 2.22. The van der Waals surface area contributed by atoms with Gasteiger partial charge >= 0.3 is 0 Å². The molecule has 33 heavy (non-hydrogen) atoms. The monoisotopic (exact) mass is 472 g/mol. The molecule has 7 heteroatoms. The Kier molecular flexibility index (Phi) is 9.43. The van der Waals surface area contributed by atoms with Crippen molar-refractivity contribution in [2.45, 2.75) is 39.0 Å². The van der Waals surface area contributed by atoms with Crippen molar-refractivity contribution in [1.82, 2.24) is 9.80 Å². The molecule has 1 heterocycles. The van der Waals surface area contributed by atoms with Crippen molar-refractivity contribution in [3.05, 3.63) is 58.6 Å². The van der Waals surface area contributed by atoms with E-state index in [1.165, 1.54) is 0 Å². The lowest BCUT2D eigenvalue weighted by Gasteiger charge is -2.22. The van der Waals surface area contributed by atoms with Crippen LogP contribution < -0.4 is 9.47 Å². The number of methoxy groups -OCH3 is 1. The normalized spacial score (nSPS) is 14.0. The zero-order chi connectivity index (χ0) is 23.6. The van der Waals surface area contributed by atoms with Gasteiger partial charge < -0.3 is 19.3 Å². The van der Waals surface area contributed by atoms with E-state index in [1.54, 1.807) is 13.2 Å². The summed E-state index contributed by atoms with van der Waals surface area (Å²) in [5, 5.41) is 0.685. The predicted octanol–water partition coefficient (Wildman–Crippen LogP) is 4.51. The Balaban J connectivity index is 1.37. The van der Waals surface area contributed by atoms with Crippen LogP contribution >= 0.6 is 11.6 Å². The summed E-state index contributed by atoms with van der Waals surface area (Å²) in [6.45, 7) is 5.01. The number of ether oxygens (including phenoxy) is 2. The molecule has 2 amide bonds. The molecule has 0 aliphatic carbocycles. The fourth-order valence-corrected chi connectivity index (χ4v) is 4.18. The van der Waals surface area contributed by atoms with Gasteiger partial charge in [-0.2, -0.15) is 0 Å². The number of carbonyl (C=O) groups is 2. The van der Waals surface area contributed by atoms with Gasteiger partial charge in [0.1, 0.15) is 11.5 Å². The second-order valence-corrected chi connectivity index (χ2v) is 8.76. The van der Waals surface area contributed by atoms with Crippen molar-refractivity contribution >= 4 is 23.4 Å². The van der Waals surface area contributed by atoms with E-state index >= 15 is 0 Å². The van der Waals surface area contributed by atoms with E-state index in [9.17, 15) is 9.59 Å². The molecule has 178 valence electrons. The van der Waals surface area contributed by atoms with Gasteiger partial charge in [-0.25, -0.2) is 0 Å². The molecule has 1 fully saturated rings. The van der Waals surface area contributed by atoms with Gasteiger partial charge in [0.2, 0.25) is 11.8 Å². The number of benzene rings is 2. The number of rotatable bonds is 9. The largest absolute Gasteiger partial charge is 0.497 e. The van der Waals surface area contributed by atoms with Crippen LogP contribution in [0.1, 0.15) is 36.8 Å². The second-order valence-electron chi connectivity index (χ2n) is 8.33. The smallest absolute Gasteiger partial charge is 0.222 e. The lowest BCUT2D eigenvalue weighted by molar-refractivity contribution is -0.133. The van der Waals surface area contributed by atoms with E-state index in [4.69, 9.17) is 21.1 Å². The molecule has 0 bridgehead atoms. The average molecular weight is 473 g/mol. The van der Waals surface area contributed by atoms with Gasteiger partial charge in [0, 0.05) is 44.0 Å². The van der Waals surface area contributed by atoms with Gasteiger partial charge in [-0.15, -0.1) is 0 Å². The van der Waals surface area contributed by atoms with E-state index in [0.717, 1.165) is 29.0 Å². The number of amides is 2. The first-order valence-electron chi connectivity index (χ1n) is 11.5. The van der Waals surface area contributed by atoms with Crippen LogP contribution in [0.25, 0.3) is 0 Å². The van der Waals surface area contributed by atoms with Gasteiger partial charge in [0.15, 0.2) is 0 Å². The van der Waals surface area contributed by atoms with Crippen LogP contribution in [0, 0.1) is 6.92 Å². The van der Waals surface area contributed by atoms with Crippen molar-refractivity contribution < 1.29 is 19.1 Å². The van der Waals surface area contributed by atoms with Gasteiger partial charge in [-0.1, -0.05) is 23.7 Å². The van der Waals surface area contributed by atoms with Crippen molar-refractivity contribution in [3.8, 4) is 11.5 Å². The topological polar surface area (TPSA) is 59.1 Å². The lowest BCUT2D eigenvalue weighted by Crippen LogP contribution is -2.37. The summed E-state index contributed by atoms with van der Waals surface area (Å²) in [6.07, 6.45) is 3.08. The van der Waals surface area contributed by atoms with E-state index < -0.39 is 0 Å². The molecule has 1 aliphatic heterocycles. The average Bonchev–Trinajstić information content (AvgIpc) is 3.08. The minimum Gasteiger partial charge on any atom is -0.497 e. The third kappa shape index (κ3) is 7.67. The minimum atomic E-state index is 0.124. The molecular formula is C26H33ClN2O4. The Morgan fingerprint density at radius 1 is 0.939 bits per heavy atom. The fourth-order valence-electron chi connectivity index (χ4n) is 3.96. The van der Waals surface area contributed by atoms with E-state index in [0.29, 0.717) is 63.5 Å². The summed E-state index contributed by atoms with van der Waals surface area (Å²) in [5.74, 6) is 1.88. The van der Waals surface area contributed by atoms with Gasteiger partial charge in [-0.3, -0.25) is 9.59 Å². The van der Waals surface area contributed by atoms with E-state index in [-0.39, 0.29) is 11.8 Å². The van der Waals surface area contributed by atoms with Gasteiger partial charge in [0.05, 0.1) is 13.7 Å². The number of hydrogen-bond acceptors (Lipinski definition) is 4. The first-order valence-corrected chi connectivity index (χ1v) is 11.9. The molecule has 1 aliphatic rings. The quantitative estimate of drug-likeness (QED) is 0.504. The molecule has 1 saturated heterocycles. The zero-order valence-electron chi connectivity index (χ0n) is 19.5. The Morgan fingerprint density at radius 2 is 1.61 bits per heavy atom. The Labute approximate surface area is 201 Å². The van der Waals surface area contributed by atoms with E-state index in [1.807, 2.05) is 53.1 Å². The summed E-state index contributed by atoms with van der Waals surface area (Å²) in [5.41, 5.74) is 2.10. The van der Waals surface area contributed by atoms with Crippen molar-refractivity contribution in [2.75, 3.05) is 39.9 Å². The first-order chi connectivity index (χ1) is 16.0. The first kappa shape index (κ1) is 24.9. The molecule has 0 atom stereocenters.